The average Bonchev–Trinajstić information content (AvgIpc) is 2.67. The Morgan fingerprint density at radius 3 is 2.75 bits per heavy atom. The summed E-state index contributed by atoms with van der Waals surface area (Å²) in [7, 11) is 0. The van der Waals surface area contributed by atoms with Crippen LogP contribution in [0.5, 0.6) is 0 Å². The van der Waals surface area contributed by atoms with Gasteiger partial charge in [0, 0.05) is 17.3 Å². The second-order valence-electron chi connectivity index (χ2n) is 6.87. The van der Waals surface area contributed by atoms with Gasteiger partial charge in [-0.1, -0.05) is 20.8 Å². The van der Waals surface area contributed by atoms with E-state index in [4.69, 9.17) is 5.73 Å². The predicted octanol–water partition coefficient (Wildman–Crippen LogP) is 3.11. The van der Waals surface area contributed by atoms with Crippen molar-refractivity contribution < 1.29 is 4.79 Å². The molecule has 0 aliphatic heterocycles. The summed E-state index contributed by atoms with van der Waals surface area (Å²) in [6.45, 7) is 6.42. The van der Waals surface area contributed by atoms with Crippen LogP contribution < -0.4 is 11.1 Å². The van der Waals surface area contributed by atoms with Crippen molar-refractivity contribution in [3.8, 4) is 0 Å². The minimum absolute atomic E-state index is 0.0205. The van der Waals surface area contributed by atoms with E-state index in [1.807, 2.05) is 0 Å². The predicted molar refractivity (Wildman–Crippen MR) is 84.1 cm³/mol. The molecule has 1 amide bonds. The molecule has 4 nitrogen and oxygen atoms in total. The summed E-state index contributed by atoms with van der Waals surface area (Å²) in [5, 5.41) is 3.64. The Labute approximate surface area is 125 Å². The number of aromatic nitrogens is 1. The van der Waals surface area contributed by atoms with E-state index in [0.717, 1.165) is 24.4 Å². The number of nitrogens with two attached hydrogens (primary N) is 1. The molecule has 20 heavy (non-hydrogen) atoms. The Kier molecular flexibility index (Phi) is 4.81. The van der Waals surface area contributed by atoms with Gasteiger partial charge in [-0.3, -0.25) is 4.79 Å². The highest BCUT2D eigenvalue weighted by Crippen LogP contribution is 2.29. The number of nitrogens with zero attached hydrogens (tertiary/aromatic N) is 1. The van der Waals surface area contributed by atoms with Gasteiger partial charge in [0.25, 0.3) is 0 Å². The second-order valence-corrected chi connectivity index (χ2v) is 7.96. The normalized spacial score (nSPS) is 16.6. The first kappa shape index (κ1) is 15.4. The summed E-state index contributed by atoms with van der Waals surface area (Å²) in [5.74, 6) is -0.0205. The number of amides is 1. The summed E-state index contributed by atoms with van der Waals surface area (Å²) < 4.78 is 0. The van der Waals surface area contributed by atoms with Crippen LogP contribution in [-0.2, 0) is 17.6 Å². The summed E-state index contributed by atoms with van der Waals surface area (Å²) in [6, 6.07) is -0.0930. The first-order valence-corrected chi connectivity index (χ1v) is 8.19. The summed E-state index contributed by atoms with van der Waals surface area (Å²) in [4.78, 5) is 17.9. The Bertz CT molecular complexity index is 452. The quantitative estimate of drug-likeness (QED) is 0.896. The molecule has 0 saturated heterocycles. The van der Waals surface area contributed by atoms with E-state index in [1.54, 1.807) is 11.3 Å². The number of carbonyl (C=O) groups is 1. The van der Waals surface area contributed by atoms with Crippen LogP contribution in [0.15, 0.2) is 0 Å². The SMILES string of the molecule is CC(C)(C)CC(N)CC(=O)Nc1nc2c(s1)CCCC2. The van der Waals surface area contributed by atoms with E-state index in [1.165, 1.54) is 23.4 Å². The molecular formula is C15H25N3OS. The molecule has 5 heteroatoms. The van der Waals surface area contributed by atoms with Crippen molar-refractivity contribution in [3.05, 3.63) is 10.6 Å². The number of thiazole rings is 1. The van der Waals surface area contributed by atoms with Crippen LogP contribution in [0.2, 0.25) is 0 Å². The highest BCUT2D eigenvalue weighted by molar-refractivity contribution is 7.15. The van der Waals surface area contributed by atoms with Crippen molar-refractivity contribution in [2.45, 2.75) is 65.3 Å². The molecule has 3 N–H and O–H groups in total. The Morgan fingerprint density at radius 2 is 2.10 bits per heavy atom. The molecule has 1 aliphatic carbocycles. The van der Waals surface area contributed by atoms with Crippen molar-refractivity contribution in [3.63, 3.8) is 0 Å². The summed E-state index contributed by atoms with van der Waals surface area (Å²) >= 11 is 1.62. The number of hydrogen-bond acceptors (Lipinski definition) is 4. The van der Waals surface area contributed by atoms with Crippen molar-refractivity contribution in [2.24, 2.45) is 11.1 Å². The van der Waals surface area contributed by atoms with E-state index in [-0.39, 0.29) is 17.4 Å². The first-order valence-electron chi connectivity index (χ1n) is 7.37. The maximum absolute atomic E-state index is 12.0. The lowest BCUT2D eigenvalue weighted by molar-refractivity contribution is -0.116. The van der Waals surface area contributed by atoms with Crippen molar-refractivity contribution in [1.29, 1.82) is 0 Å². The third-order valence-corrected chi connectivity index (χ3v) is 4.49. The molecule has 0 fully saturated rings. The lowest BCUT2D eigenvalue weighted by Gasteiger charge is -2.22. The van der Waals surface area contributed by atoms with Gasteiger partial charge in [0.2, 0.25) is 5.91 Å². The van der Waals surface area contributed by atoms with Gasteiger partial charge >= 0.3 is 0 Å². The molecule has 1 heterocycles. The molecule has 0 spiro atoms. The Balaban J connectivity index is 1.86. The van der Waals surface area contributed by atoms with Gasteiger partial charge in [-0.25, -0.2) is 4.98 Å². The third kappa shape index (κ3) is 4.56. The molecule has 2 rings (SSSR count). The number of fused-ring (bicyclic) bond motifs is 1. The van der Waals surface area contributed by atoms with E-state index in [2.05, 4.69) is 31.1 Å². The van der Waals surface area contributed by atoms with E-state index in [9.17, 15) is 4.79 Å². The zero-order chi connectivity index (χ0) is 14.8. The molecule has 112 valence electrons. The van der Waals surface area contributed by atoms with Crippen molar-refractivity contribution in [1.82, 2.24) is 4.98 Å². The molecular weight excluding hydrogens is 270 g/mol. The van der Waals surface area contributed by atoms with Crippen molar-refractivity contribution in [2.75, 3.05) is 5.32 Å². The van der Waals surface area contributed by atoms with Crippen LogP contribution in [0.1, 0.15) is 57.0 Å². The molecule has 1 atom stereocenters. The van der Waals surface area contributed by atoms with E-state index < -0.39 is 0 Å². The highest BCUT2D eigenvalue weighted by atomic mass is 32.1. The van der Waals surface area contributed by atoms with Gasteiger partial charge < -0.3 is 11.1 Å². The van der Waals surface area contributed by atoms with Crippen LogP contribution in [-0.4, -0.2) is 16.9 Å². The van der Waals surface area contributed by atoms with Crippen LogP contribution in [0.3, 0.4) is 0 Å². The van der Waals surface area contributed by atoms with Crippen LogP contribution in [0.25, 0.3) is 0 Å². The number of carbonyl (C=O) groups excluding carboxylic acids is 1. The van der Waals surface area contributed by atoms with Crippen molar-refractivity contribution >= 4 is 22.4 Å². The Hall–Kier alpha value is -0.940. The molecule has 1 aromatic heterocycles. The maximum Gasteiger partial charge on any atom is 0.227 e. The van der Waals surface area contributed by atoms with Gasteiger partial charge in [-0.15, -0.1) is 11.3 Å². The van der Waals surface area contributed by atoms with Gasteiger partial charge in [0.15, 0.2) is 5.13 Å². The molecule has 0 aromatic carbocycles. The lowest BCUT2D eigenvalue weighted by Crippen LogP contribution is -2.31. The number of rotatable bonds is 4. The number of hydrogen-bond donors (Lipinski definition) is 2. The molecule has 0 bridgehead atoms. The lowest BCUT2D eigenvalue weighted by atomic mass is 9.87. The van der Waals surface area contributed by atoms with Gasteiger partial charge in [-0.05, 0) is 37.5 Å². The minimum atomic E-state index is -0.0930. The smallest absolute Gasteiger partial charge is 0.227 e. The van der Waals surface area contributed by atoms with Gasteiger partial charge in [0.1, 0.15) is 0 Å². The van der Waals surface area contributed by atoms with Crippen LogP contribution >= 0.6 is 11.3 Å². The Morgan fingerprint density at radius 1 is 1.40 bits per heavy atom. The van der Waals surface area contributed by atoms with Crippen LogP contribution in [0, 0.1) is 5.41 Å². The van der Waals surface area contributed by atoms with Crippen LogP contribution in [0.4, 0.5) is 5.13 Å². The first-order chi connectivity index (χ1) is 9.33. The fourth-order valence-corrected chi connectivity index (χ4v) is 3.74. The monoisotopic (exact) mass is 295 g/mol. The molecule has 1 aromatic rings. The zero-order valence-electron chi connectivity index (χ0n) is 12.7. The van der Waals surface area contributed by atoms with Gasteiger partial charge in [-0.2, -0.15) is 0 Å². The maximum atomic E-state index is 12.0. The topological polar surface area (TPSA) is 68.0 Å². The van der Waals surface area contributed by atoms with Gasteiger partial charge in [0.05, 0.1) is 5.69 Å². The number of nitrogens with one attached hydrogen (secondary N) is 1. The average molecular weight is 295 g/mol. The van der Waals surface area contributed by atoms with E-state index in [0.29, 0.717) is 6.42 Å². The number of anilines is 1. The fourth-order valence-electron chi connectivity index (χ4n) is 2.67. The largest absolute Gasteiger partial charge is 0.327 e. The second kappa shape index (κ2) is 6.22. The summed E-state index contributed by atoms with van der Waals surface area (Å²) in [6.07, 6.45) is 5.80. The highest BCUT2D eigenvalue weighted by Gasteiger charge is 2.20. The third-order valence-electron chi connectivity index (χ3n) is 3.41. The molecule has 0 radical (unpaired) electrons. The zero-order valence-corrected chi connectivity index (χ0v) is 13.5. The number of aryl methyl sites for hydroxylation is 2. The molecule has 1 aliphatic rings. The minimum Gasteiger partial charge on any atom is -0.327 e. The standard InChI is InChI=1S/C15H25N3OS/c1-15(2,3)9-10(16)8-13(19)18-14-17-11-6-4-5-7-12(11)20-14/h10H,4-9,16H2,1-3H3,(H,17,18,19). The van der Waals surface area contributed by atoms with E-state index >= 15 is 0 Å². The fraction of sp³-hybridized carbons (Fsp3) is 0.733. The molecule has 1 unspecified atom stereocenters. The summed E-state index contributed by atoms with van der Waals surface area (Å²) in [5.41, 5.74) is 7.36. The molecule has 0 saturated carbocycles.